The minimum absolute atomic E-state index is 0.00213. The molecule has 108 valence electrons. The predicted molar refractivity (Wildman–Crippen MR) is 76.3 cm³/mol. The van der Waals surface area contributed by atoms with Crippen molar-refractivity contribution in [3.05, 3.63) is 0 Å². The lowest BCUT2D eigenvalue weighted by Crippen LogP contribution is -2.52. The van der Waals surface area contributed by atoms with Gasteiger partial charge in [0, 0.05) is 24.7 Å². The number of sulfone groups is 1. The van der Waals surface area contributed by atoms with Gasteiger partial charge in [-0.3, -0.25) is 4.90 Å². The molecule has 1 aliphatic heterocycles. The van der Waals surface area contributed by atoms with Crippen LogP contribution in [0.5, 0.6) is 0 Å². The summed E-state index contributed by atoms with van der Waals surface area (Å²) >= 11 is 0. The molecule has 18 heavy (non-hydrogen) atoms. The van der Waals surface area contributed by atoms with Crippen LogP contribution in [0.25, 0.3) is 0 Å². The molecule has 1 heterocycles. The smallest absolute Gasteiger partial charge is 0.153 e. The maximum absolute atomic E-state index is 11.7. The van der Waals surface area contributed by atoms with Crippen LogP contribution < -0.4 is 5.73 Å². The van der Waals surface area contributed by atoms with Gasteiger partial charge in [0.25, 0.3) is 0 Å². The Kier molecular flexibility index (Phi) is 5.62. The fraction of sp³-hybridized carbons (Fsp3) is 1.00. The van der Waals surface area contributed by atoms with E-state index >= 15 is 0 Å². The minimum atomic E-state index is -2.94. The maximum atomic E-state index is 11.7. The van der Waals surface area contributed by atoms with Crippen molar-refractivity contribution in [2.45, 2.75) is 58.7 Å². The third-order valence-corrected chi connectivity index (χ3v) is 5.52. The number of rotatable bonds is 6. The fourth-order valence-corrected chi connectivity index (χ4v) is 4.84. The lowest BCUT2D eigenvalue weighted by Gasteiger charge is -2.38. The van der Waals surface area contributed by atoms with Crippen LogP contribution in [0.3, 0.4) is 0 Å². The van der Waals surface area contributed by atoms with Crippen molar-refractivity contribution in [3.63, 3.8) is 0 Å². The van der Waals surface area contributed by atoms with Crippen LogP contribution in [-0.4, -0.2) is 49.5 Å². The summed E-state index contributed by atoms with van der Waals surface area (Å²) in [5, 5.41) is 0. The van der Waals surface area contributed by atoms with Crippen molar-refractivity contribution in [2.24, 2.45) is 11.7 Å². The standard InChI is InChI=1S/C13H28N2O2S/c1-5-11(6-2)15(7-10(3)4)13-9-18(16,17)8-12(13)14/h10-13H,5-9,14H2,1-4H3. The van der Waals surface area contributed by atoms with E-state index in [0.717, 1.165) is 19.4 Å². The molecule has 1 aliphatic rings. The van der Waals surface area contributed by atoms with Crippen molar-refractivity contribution in [1.29, 1.82) is 0 Å². The average Bonchev–Trinajstić information content (AvgIpc) is 2.51. The first-order chi connectivity index (χ1) is 8.30. The summed E-state index contributed by atoms with van der Waals surface area (Å²) < 4.78 is 23.5. The van der Waals surface area contributed by atoms with Gasteiger partial charge in [-0.15, -0.1) is 0 Å². The lowest BCUT2D eigenvalue weighted by molar-refractivity contribution is 0.112. The Morgan fingerprint density at radius 1 is 1.22 bits per heavy atom. The average molecular weight is 276 g/mol. The number of nitrogens with zero attached hydrogens (tertiary/aromatic N) is 1. The van der Waals surface area contributed by atoms with Crippen molar-refractivity contribution in [1.82, 2.24) is 4.90 Å². The maximum Gasteiger partial charge on any atom is 0.153 e. The van der Waals surface area contributed by atoms with E-state index in [2.05, 4.69) is 32.6 Å². The zero-order chi connectivity index (χ0) is 13.9. The second kappa shape index (κ2) is 6.35. The molecule has 1 fully saturated rings. The monoisotopic (exact) mass is 276 g/mol. The van der Waals surface area contributed by atoms with Crippen LogP contribution in [0.4, 0.5) is 0 Å². The Labute approximate surface area is 112 Å². The molecule has 0 bridgehead atoms. The van der Waals surface area contributed by atoms with Crippen LogP contribution in [0.15, 0.2) is 0 Å². The van der Waals surface area contributed by atoms with Gasteiger partial charge in [0.15, 0.2) is 9.84 Å². The molecule has 0 aliphatic carbocycles. The highest BCUT2D eigenvalue weighted by atomic mass is 32.2. The molecule has 2 N–H and O–H groups in total. The second-order valence-electron chi connectivity index (χ2n) is 5.87. The summed E-state index contributed by atoms with van der Waals surface area (Å²) in [5.74, 6) is 0.908. The summed E-state index contributed by atoms with van der Waals surface area (Å²) in [6, 6.07) is 0.216. The SMILES string of the molecule is CCC(CC)N(CC(C)C)C1CS(=O)(=O)CC1N. The Morgan fingerprint density at radius 3 is 2.11 bits per heavy atom. The molecule has 0 aromatic heterocycles. The highest BCUT2D eigenvalue weighted by Gasteiger charge is 2.40. The highest BCUT2D eigenvalue weighted by molar-refractivity contribution is 7.91. The van der Waals surface area contributed by atoms with Crippen LogP contribution in [0.1, 0.15) is 40.5 Å². The summed E-state index contributed by atoms with van der Waals surface area (Å²) in [6.45, 7) is 9.60. The molecule has 0 radical (unpaired) electrons. The zero-order valence-corrected chi connectivity index (χ0v) is 12.9. The van der Waals surface area contributed by atoms with Gasteiger partial charge >= 0.3 is 0 Å². The summed E-state index contributed by atoms with van der Waals surface area (Å²) in [5.41, 5.74) is 6.06. The molecule has 0 spiro atoms. The number of hydrogen-bond acceptors (Lipinski definition) is 4. The molecule has 4 nitrogen and oxygen atoms in total. The predicted octanol–water partition coefficient (Wildman–Crippen LogP) is 1.26. The molecular weight excluding hydrogens is 248 g/mol. The van der Waals surface area contributed by atoms with Gasteiger partial charge in [0.1, 0.15) is 0 Å². The molecule has 5 heteroatoms. The molecule has 1 saturated heterocycles. The third-order valence-electron chi connectivity index (χ3n) is 3.78. The van der Waals surface area contributed by atoms with E-state index in [9.17, 15) is 8.42 Å². The third kappa shape index (κ3) is 3.93. The van der Waals surface area contributed by atoms with Crippen LogP contribution in [0.2, 0.25) is 0 Å². The van der Waals surface area contributed by atoms with E-state index in [1.165, 1.54) is 0 Å². The number of hydrogen-bond donors (Lipinski definition) is 1. The summed E-state index contributed by atoms with van der Waals surface area (Å²) in [7, 11) is -2.94. The molecule has 1 rings (SSSR count). The Hall–Kier alpha value is -0.130. The largest absolute Gasteiger partial charge is 0.325 e. The van der Waals surface area contributed by atoms with Gasteiger partial charge < -0.3 is 5.73 Å². The van der Waals surface area contributed by atoms with Gasteiger partial charge in [-0.05, 0) is 18.8 Å². The molecule has 0 aromatic rings. The molecule has 0 saturated carbocycles. The molecule has 2 unspecified atom stereocenters. The Bertz CT molecular complexity index is 350. The normalized spacial score (nSPS) is 27.6. The van der Waals surface area contributed by atoms with Crippen molar-refractivity contribution < 1.29 is 8.42 Å². The van der Waals surface area contributed by atoms with Gasteiger partial charge in [-0.25, -0.2) is 8.42 Å². The summed E-state index contributed by atoms with van der Waals surface area (Å²) in [4.78, 5) is 2.35. The van der Waals surface area contributed by atoms with E-state index in [1.54, 1.807) is 0 Å². The van der Waals surface area contributed by atoms with Gasteiger partial charge in [-0.2, -0.15) is 0 Å². The lowest BCUT2D eigenvalue weighted by atomic mass is 10.0. The molecular formula is C13H28N2O2S. The molecule has 0 amide bonds. The molecule has 2 atom stereocenters. The first-order valence-electron chi connectivity index (χ1n) is 7.02. The molecule has 0 aromatic carbocycles. The van der Waals surface area contributed by atoms with Crippen LogP contribution in [-0.2, 0) is 9.84 Å². The number of nitrogens with two attached hydrogens (primary N) is 1. The summed E-state index contributed by atoms with van der Waals surface area (Å²) in [6.07, 6.45) is 2.10. The quantitative estimate of drug-likeness (QED) is 0.793. The van der Waals surface area contributed by atoms with Gasteiger partial charge in [-0.1, -0.05) is 27.7 Å². The van der Waals surface area contributed by atoms with E-state index in [1.807, 2.05) is 0 Å². The highest BCUT2D eigenvalue weighted by Crippen LogP contribution is 2.23. The topological polar surface area (TPSA) is 63.4 Å². The van der Waals surface area contributed by atoms with Crippen LogP contribution >= 0.6 is 0 Å². The van der Waals surface area contributed by atoms with E-state index in [0.29, 0.717) is 12.0 Å². The van der Waals surface area contributed by atoms with Gasteiger partial charge in [0.2, 0.25) is 0 Å². The van der Waals surface area contributed by atoms with Crippen molar-refractivity contribution in [3.8, 4) is 0 Å². The Balaban J connectivity index is 2.89. The first kappa shape index (κ1) is 15.9. The second-order valence-corrected chi connectivity index (χ2v) is 8.02. The zero-order valence-electron chi connectivity index (χ0n) is 12.1. The first-order valence-corrected chi connectivity index (χ1v) is 8.84. The van der Waals surface area contributed by atoms with E-state index < -0.39 is 9.84 Å². The van der Waals surface area contributed by atoms with E-state index in [4.69, 9.17) is 5.73 Å². The Morgan fingerprint density at radius 2 is 1.78 bits per heavy atom. The fourth-order valence-electron chi connectivity index (χ4n) is 2.93. The van der Waals surface area contributed by atoms with E-state index in [-0.39, 0.29) is 23.6 Å². The van der Waals surface area contributed by atoms with Crippen molar-refractivity contribution in [2.75, 3.05) is 18.1 Å². The minimum Gasteiger partial charge on any atom is -0.325 e. The van der Waals surface area contributed by atoms with Gasteiger partial charge in [0.05, 0.1) is 11.5 Å². The van der Waals surface area contributed by atoms with Crippen LogP contribution in [0, 0.1) is 5.92 Å². The van der Waals surface area contributed by atoms with Crippen molar-refractivity contribution >= 4 is 9.84 Å².